The van der Waals surface area contributed by atoms with Gasteiger partial charge in [-0.3, -0.25) is 14.2 Å². The summed E-state index contributed by atoms with van der Waals surface area (Å²) < 4.78 is 22.2. The second-order valence-corrected chi connectivity index (χ2v) is 8.07. The highest BCUT2D eigenvalue weighted by Gasteiger charge is 2.45. The van der Waals surface area contributed by atoms with Crippen molar-refractivity contribution < 1.29 is 19.0 Å². The molecule has 11 heteroatoms. The standard InChI is InChI=1S/C21H21FN6O4/c22-14-3-2-13(15(8-14)28-12-23-11-25-28)9-24-18(30)16-17(29)19(31)27-6-7-32-10-21(4-1-5-21)20(27)26-16/h2-3,8,11-12,29H,1,4-7,9-10H2,(H,24,30). The largest absolute Gasteiger partial charge is 0.501 e. The van der Waals surface area contributed by atoms with Gasteiger partial charge in [-0.05, 0) is 30.5 Å². The van der Waals surface area contributed by atoms with E-state index in [1.54, 1.807) is 0 Å². The van der Waals surface area contributed by atoms with E-state index in [9.17, 15) is 19.1 Å². The number of nitrogens with zero attached hydrogens (tertiary/aromatic N) is 5. The van der Waals surface area contributed by atoms with Gasteiger partial charge < -0.3 is 15.2 Å². The molecule has 2 aliphatic rings. The first-order valence-corrected chi connectivity index (χ1v) is 10.3. The van der Waals surface area contributed by atoms with Gasteiger partial charge in [0.1, 0.15) is 24.3 Å². The molecule has 1 saturated carbocycles. The van der Waals surface area contributed by atoms with Crippen molar-refractivity contribution in [1.82, 2.24) is 29.6 Å². The van der Waals surface area contributed by atoms with Gasteiger partial charge >= 0.3 is 0 Å². The van der Waals surface area contributed by atoms with Crippen LogP contribution in [0.3, 0.4) is 0 Å². The predicted molar refractivity (Wildman–Crippen MR) is 109 cm³/mol. The zero-order valence-corrected chi connectivity index (χ0v) is 17.1. The van der Waals surface area contributed by atoms with Crippen molar-refractivity contribution in [2.24, 2.45) is 0 Å². The Balaban J connectivity index is 1.45. The normalized spacial score (nSPS) is 16.8. The van der Waals surface area contributed by atoms with Gasteiger partial charge in [-0.2, -0.15) is 5.10 Å². The molecule has 1 aliphatic heterocycles. The number of hydrogen-bond acceptors (Lipinski definition) is 7. The number of ether oxygens (including phenoxy) is 1. The third-order valence-electron chi connectivity index (χ3n) is 6.14. The summed E-state index contributed by atoms with van der Waals surface area (Å²) in [6, 6.07) is 4.07. The molecule has 2 N–H and O–H groups in total. The number of benzene rings is 1. The van der Waals surface area contributed by atoms with Crippen molar-refractivity contribution in [2.45, 2.75) is 37.8 Å². The summed E-state index contributed by atoms with van der Waals surface area (Å²) in [5.41, 5.74) is -0.399. The SMILES string of the molecule is O=C(NCc1ccc(F)cc1-n1cncn1)c1nc2n(c(=O)c1O)CCOCC21CCC1. The Morgan fingerprint density at radius 1 is 1.34 bits per heavy atom. The number of carbonyl (C=O) groups excluding carboxylic acids is 1. The first-order chi connectivity index (χ1) is 15.5. The fourth-order valence-corrected chi connectivity index (χ4v) is 4.27. The van der Waals surface area contributed by atoms with E-state index in [1.807, 2.05) is 0 Å². The van der Waals surface area contributed by atoms with Crippen LogP contribution >= 0.6 is 0 Å². The van der Waals surface area contributed by atoms with Gasteiger partial charge in [0.2, 0.25) is 5.75 Å². The van der Waals surface area contributed by atoms with Gasteiger partial charge in [0.15, 0.2) is 5.69 Å². The van der Waals surface area contributed by atoms with Crippen LogP contribution in [0.15, 0.2) is 35.6 Å². The number of nitrogens with one attached hydrogen (secondary N) is 1. The number of aromatic hydroxyl groups is 1. The van der Waals surface area contributed by atoms with Gasteiger partial charge in [0.25, 0.3) is 11.5 Å². The fourth-order valence-electron chi connectivity index (χ4n) is 4.27. The molecule has 5 rings (SSSR count). The van der Waals surface area contributed by atoms with Crippen LogP contribution in [-0.4, -0.2) is 48.5 Å². The van der Waals surface area contributed by atoms with E-state index in [1.165, 1.54) is 40.1 Å². The Hall–Kier alpha value is -3.60. The van der Waals surface area contributed by atoms with Crippen LogP contribution in [0.5, 0.6) is 5.75 Å². The lowest BCUT2D eigenvalue weighted by Gasteiger charge is -2.40. The number of fused-ring (bicyclic) bond motifs is 2. The number of halogens is 1. The van der Waals surface area contributed by atoms with E-state index >= 15 is 0 Å². The van der Waals surface area contributed by atoms with E-state index in [0.717, 1.165) is 19.3 Å². The number of amides is 1. The van der Waals surface area contributed by atoms with Crippen molar-refractivity contribution in [3.05, 3.63) is 64.1 Å². The maximum Gasteiger partial charge on any atom is 0.296 e. The Kier molecular flexibility index (Phi) is 4.97. The lowest BCUT2D eigenvalue weighted by atomic mass is 9.68. The summed E-state index contributed by atoms with van der Waals surface area (Å²) in [6.45, 7) is 1.05. The molecule has 0 atom stereocenters. The van der Waals surface area contributed by atoms with E-state index in [4.69, 9.17) is 4.74 Å². The maximum absolute atomic E-state index is 13.8. The van der Waals surface area contributed by atoms with Crippen LogP contribution in [0.25, 0.3) is 5.69 Å². The maximum atomic E-state index is 13.8. The van der Waals surface area contributed by atoms with Crippen LogP contribution < -0.4 is 10.9 Å². The Morgan fingerprint density at radius 2 is 2.19 bits per heavy atom. The summed E-state index contributed by atoms with van der Waals surface area (Å²) in [5.74, 6) is -1.37. The highest BCUT2D eigenvalue weighted by atomic mass is 19.1. The molecule has 10 nitrogen and oxygen atoms in total. The molecule has 0 radical (unpaired) electrons. The number of hydrogen-bond donors (Lipinski definition) is 2. The minimum Gasteiger partial charge on any atom is -0.501 e. The molecule has 1 amide bonds. The van der Waals surface area contributed by atoms with Crippen LogP contribution in [0, 0.1) is 5.82 Å². The number of rotatable bonds is 4. The molecule has 1 fully saturated rings. The monoisotopic (exact) mass is 440 g/mol. The molecule has 0 unspecified atom stereocenters. The van der Waals surface area contributed by atoms with Crippen molar-refractivity contribution in [3.8, 4) is 11.4 Å². The summed E-state index contributed by atoms with van der Waals surface area (Å²) in [4.78, 5) is 34.0. The van der Waals surface area contributed by atoms with Gasteiger partial charge in [-0.1, -0.05) is 12.5 Å². The molecule has 3 heterocycles. The van der Waals surface area contributed by atoms with E-state index in [-0.39, 0.29) is 18.8 Å². The second kappa shape index (κ2) is 7.83. The predicted octanol–water partition coefficient (Wildman–Crippen LogP) is 1.05. The first-order valence-electron chi connectivity index (χ1n) is 10.3. The van der Waals surface area contributed by atoms with E-state index in [0.29, 0.717) is 30.3 Å². The molecule has 1 aromatic carbocycles. The molecular formula is C21H21FN6O4. The fraction of sp³-hybridized carbons (Fsp3) is 0.381. The van der Waals surface area contributed by atoms with Crippen molar-refractivity contribution in [3.63, 3.8) is 0 Å². The van der Waals surface area contributed by atoms with Crippen LogP contribution in [0.4, 0.5) is 4.39 Å². The molecule has 1 spiro atoms. The van der Waals surface area contributed by atoms with Crippen molar-refractivity contribution in [1.29, 1.82) is 0 Å². The lowest BCUT2D eigenvalue weighted by molar-refractivity contribution is 0.0532. The van der Waals surface area contributed by atoms with Crippen LogP contribution in [-0.2, 0) is 23.2 Å². The first kappa shape index (κ1) is 20.3. The Labute approximate surface area is 181 Å². The molecule has 3 aromatic rings. The second-order valence-electron chi connectivity index (χ2n) is 8.07. The van der Waals surface area contributed by atoms with Gasteiger partial charge in [-0.25, -0.2) is 19.0 Å². The highest BCUT2D eigenvalue weighted by molar-refractivity contribution is 5.94. The topological polar surface area (TPSA) is 124 Å². The molecule has 0 saturated heterocycles. The van der Waals surface area contributed by atoms with E-state index in [2.05, 4.69) is 20.4 Å². The van der Waals surface area contributed by atoms with Gasteiger partial charge in [-0.15, -0.1) is 0 Å². The van der Waals surface area contributed by atoms with Gasteiger partial charge in [0.05, 0.1) is 30.9 Å². The summed E-state index contributed by atoms with van der Waals surface area (Å²) in [6.07, 6.45) is 5.33. The Morgan fingerprint density at radius 3 is 2.91 bits per heavy atom. The molecule has 0 bridgehead atoms. The summed E-state index contributed by atoms with van der Waals surface area (Å²) >= 11 is 0. The minimum absolute atomic E-state index is 0.00208. The minimum atomic E-state index is -0.698. The quantitative estimate of drug-likeness (QED) is 0.621. The van der Waals surface area contributed by atoms with Gasteiger partial charge in [0, 0.05) is 6.54 Å². The third-order valence-corrected chi connectivity index (χ3v) is 6.14. The van der Waals surface area contributed by atoms with Crippen molar-refractivity contribution in [2.75, 3.05) is 13.2 Å². The summed E-state index contributed by atoms with van der Waals surface area (Å²) in [5, 5.41) is 17.1. The molecular weight excluding hydrogens is 419 g/mol. The van der Waals surface area contributed by atoms with E-state index < -0.39 is 28.4 Å². The Bertz CT molecular complexity index is 1240. The average Bonchev–Trinajstić information content (AvgIpc) is 3.22. The molecule has 2 aromatic heterocycles. The van der Waals surface area contributed by atoms with Crippen LogP contribution in [0.2, 0.25) is 0 Å². The average molecular weight is 440 g/mol. The number of aromatic nitrogens is 5. The zero-order valence-electron chi connectivity index (χ0n) is 17.1. The molecule has 32 heavy (non-hydrogen) atoms. The molecule has 1 aliphatic carbocycles. The highest BCUT2D eigenvalue weighted by Crippen LogP contribution is 2.44. The van der Waals surface area contributed by atoms with Crippen LogP contribution in [0.1, 0.15) is 41.1 Å². The lowest BCUT2D eigenvalue weighted by Crippen LogP contribution is -2.44. The zero-order chi connectivity index (χ0) is 22.3. The smallest absolute Gasteiger partial charge is 0.296 e. The third kappa shape index (κ3) is 3.34. The van der Waals surface area contributed by atoms with Crippen molar-refractivity contribution >= 4 is 5.91 Å². The number of carbonyl (C=O) groups is 1. The molecule has 166 valence electrons. The summed E-state index contributed by atoms with van der Waals surface area (Å²) in [7, 11) is 0.